The van der Waals surface area contributed by atoms with Gasteiger partial charge in [-0.15, -0.1) is 18.2 Å². The summed E-state index contributed by atoms with van der Waals surface area (Å²) < 4.78 is 0. The number of rotatable bonds is 2. The second kappa shape index (κ2) is 4.39. The maximum atomic E-state index is 11.5. The fourth-order valence-corrected chi connectivity index (χ4v) is 1.97. The number of thioether (sulfide) groups is 1. The Labute approximate surface area is 76.9 Å². The highest BCUT2D eigenvalue weighted by Crippen LogP contribution is 2.10. The van der Waals surface area contributed by atoms with Crippen LogP contribution in [0.3, 0.4) is 0 Å². The van der Waals surface area contributed by atoms with Gasteiger partial charge in [0.05, 0.1) is 12.6 Å². The van der Waals surface area contributed by atoms with Crippen LogP contribution in [0, 0.1) is 12.3 Å². The first-order chi connectivity index (χ1) is 5.75. The highest BCUT2D eigenvalue weighted by Gasteiger charge is 2.24. The molecule has 66 valence electrons. The lowest BCUT2D eigenvalue weighted by Gasteiger charge is -2.17. The quantitative estimate of drug-likeness (QED) is 0.600. The summed E-state index contributed by atoms with van der Waals surface area (Å²) in [6, 6.07) is -0.0339. The molecule has 1 unspecified atom stereocenters. The molecule has 0 aromatic rings. The zero-order chi connectivity index (χ0) is 8.97. The molecule has 0 saturated carbocycles. The highest BCUT2D eigenvalue weighted by atomic mass is 32.2. The third-order valence-electron chi connectivity index (χ3n) is 1.72. The standard InChI is InChI=1S/C8H12N2OS/c1-3-4-10(2)8(11)7-5-12-6-9-7/h1,7,9H,4-6H2,2H3. The Morgan fingerprint density at radius 2 is 2.67 bits per heavy atom. The van der Waals surface area contributed by atoms with Gasteiger partial charge in [-0.25, -0.2) is 0 Å². The SMILES string of the molecule is C#CCN(C)C(=O)C1CSCN1. The van der Waals surface area contributed by atoms with Crippen LogP contribution in [-0.4, -0.2) is 42.1 Å². The fraction of sp³-hybridized carbons (Fsp3) is 0.625. The van der Waals surface area contributed by atoms with Crippen LogP contribution in [0.2, 0.25) is 0 Å². The van der Waals surface area contributed by atoms with E-state index < -0.39 is 0 Å². The molecule has 0 aromatic heterocycles. The monoisotopic (exact) mass is 184 g/mol. The topological polar surface area (TPSA) is 32.3 Å². The van der Waals surface area contributed by atoms with Gasteiger partial charge in [0.1, 0.15) is 0 Å². The van der Waals surface area contributed by atoms with Crippen molar-refractivity contribution in [2.75, 3.05) is 25.2 Å². The summed E-state index contributed by atoms with van der Waals surface area (Å²) in [6.07, 6.45) is 5.10. The average molecular weight is 184 g/mol. The molecule has 4 heteroatoms. The molecule has 0 spiro atoms. The third kappa shape index (κ3) is 2.16. The molecule has 0 aromatic carbocycles. The summed E-state index contributed by atoms with van der Waals surface area (Å²) in [4.78, 5) is 13.1. The van der Waals surface area contributed by atoms with Gasteiger partial charge in [-0.2, -0.15) is 0 Å². The van der Waals surface area contributed by atoms with Crippen LogP contribution in [0.1, 0.15) is 0 Å². The first kappa shape index (κ1) is 9.43. The smallest absolute Gasteiger partial charge is 0.241 e. The van der Waals surface area contributed by atoms with Crippen molar-refractivity contribution >= 4 is 17.7 Å². The number of hydrogen-bond acceptors (Lipinski definition) is 3. The molecule has 0 bridgehead atoms. The molecule has 1 saturated heterocycles. The lowest BCUT2D eigenvalue weighted by atomic mass is 10.3. The van der Waals surface area contributed by atoms with Crippen molar-refractivity contribution in [2.45, 2.75) is 6.04 Å². The van der Waals surface area contributed by atoms with E-state index in [0.29, 0.717) is 6.54 Å². The number of hydrogen-bond donors (Lipinski definition) is 1. The second-order valence-electron chi connectivity index (χ2n) is 2.67. The molecule has 1 aliphatic heterocycles. The van der Waals surface area contributed by atoms with E-state index in [1.165, 1.54) is 0 Å². The number of nitrogens with zero attached hydrogens (tertiary/aromatic N) is 1. The van der Waals surface area contributed by atoms with Gasteiger partial charge >= 0.3 is 0 Å². The van der Waals surface area contributed by atoms with E-state index in [4.69, 9.17) is 6.42 Å². The molecule has 3 nitrogen and oxygen atoms in total. The molecule has 0 aliphatic carbocycles. The summed E-state index contributed by atoms with van der Waals surface area (Å²) in [5.74, 6) is 4.25. The Hall–Kier alpha value is -0.660. The van der Waals surface area contributed by atoms with Gasteiger partial charge in [0.15, 0.2) is 0 Å². The summed E-state index contributed by atoms with van der Waals surface area (Å²) in [5, 5.41) is 3.10. The number of amides is 1. The van der Waals surface area contributed by atoms with E-state index in [2.05, 4.69) is 11.2 Å². The molecule has 12 heavy (non-hydrogen) atoms. The van der Waals surface area contributed by atoms with E-state index in [1.54, 1.807) is 23.7 Å². The van der Waals surface area contributed by atoms with E-state index in [9.17, 15) is 4.79 Å². The molecular weight excluding hydrogens is 172 g/mol. The summed E-state index contributed by atoms with van der Waals surface area (Å²) >= 11 is 1.74. The maximum absolute atomic E-state index is 11.5. The van der Waals surface area contributed by atoms with Gasteiger partial charge in [0.2, 0.25) is 5.91 Å². The van der Waals surface area contributed by atoms with Crippen molar-refractivity contribution in [1.82, 2.24) is 10.2 Å². The number of carbonyl (C=O) groups is 1. The molecule has 1 atom stereocenters. The van der Waals surface area contributed by atoms with Gasteiger partial charge in [0.25, 0.3) is 0 Å². The molecule has 0 radical (unpaired) electrons. The first-order valence-electron chi connectivity index (χ1n) is 3.75. The van der Waals surface area contributed by atoms with Crippen molar-refractivity contribution in [3.05, 3.63) is 0 Å². The second-order valence-corrected chi connectivity index (χ2v) is 3.70. The Kier molecular flexibility index (Phi) is 3.45. The molecule has 1 fully saturated rings. The lowest BCUT2D eigenvalue weighted by Crippen LogP contribution is -2.43. The Bertz CT molecular complexity index is 206. The van der Waals surface area contributed by atoms with Gasteiger partial charge in [-0.05, 0) is 0 Å². The summed E-state index contributed by atoms with van der Waals surface area (Å²) in [5.41, 5.74) is 0. The van der Waals surface area contributed by atoms with Gasteiger partial charge < -0.3 is 4.90 Å². The van der Waals surface area contributed by atoms with Crippen molar-refractivity contribution in [1.29, 1.82) is 0 Å². The van der Waals surface area contributed by atoms with E-state index in [-0.39, 0.29) is 11.9 Å². The van der Waals surface area contributed by atoms with Crippen molar-refractivity contribution in [3.63, 3.8) is 0 Å². The van der Waals surface area contributed by atoms with Gasteiger partial charge in [0, 0.05) is 18.7 Å². The van der Waals surface area contributed by atoms with Crippen LogP contribution in [-0.2, 0) is 4.79 Å². The van der Waals surface area contributed by atoms with Crippen LogP contribution in [0.4, 0.5) is 0 Å². The molecule has 1 aliphatic rings. The largest absolute Gasteiger partial charge is 0.333 e. The van der Waals surface area contributed by atoms with Crippen LogP contribution in [0.5, 0.6) is 0 Å². The van der Waals surface area contributed by atoms with Crippen molar-refractivity contribution < 1.29 is 4.79 Å². The molecule has 1 heterocycles. The van der Waals surface area contributed by atoms with Crippen LogP contribution < -0.4 is 5.32 Å². The molecule has 1 N–H and O–H groups in total. The van der Waals surface area contributed by atoms with Crippen molar-refractivity contribution in [2.24, 2.45) is 0 Å². The van der Waals surface area contributed by atoms with E-state index >= 15 is 0 Å². The number of terminal acetylenes is 1. The Morgan fingerprint density at radius 3 is 3.17 bits per heavy atom. The third-order valence-corrected chi connectivity index (χ3v) is 2.66. The summed E-state index contributed by atoms with van der Waals surface area (Å²) in [7, 11) is 1.73. The first-order valence-corrected chi connectivity index (χ1v) is 4.90. The van der Waals surface area contributed by atoms with Crippen molar-refractivity contribution in [3.8, 4) is 12.3 Å². The van der Waals surface area contributed by atoms with Crippen LogP contribution >= 0.6 is 11.8 Å². The molecule has 1 rings (SSSR count). The minimum atomic E-state index is -0.0339. The minimum Gasteiger partial charge on any atom is -0.333 e. The maximum Gasteiger partial charge on any atom is 0.241 e. The van der Waals surface area contributed by atoms with Crippen LogP contribution in [0.15, 0.2) is 0 Å². The van der Waals surface area contributed by atoms with Crippen LogP contribution in [0.25, 0.3) is 0 Å². The minimum absolute atomic E-state index is 0.0339. The lowest BCUT2D eigenvalue weighted by molar-refractivity contribution is -0.130. The predicted octanol–water partition coefficient (Wildman–Crippen LogP) is -0.260. The molecular formula is C8H12N2OS. The molecule has 1 amide bonds. The Balaban J connectivity index is 2.41. The Morgan fingerprint density at radius 1 is 1.92 bits per heavy atom. The number of likely N-dealkylation sites (N-methyl/N-ethyl adjacent to an activating group) is 1. The van der Waals surface area contributed by atoms with Gasteiger partial charge in [-0.3, -0.25) is 10.1 Å². The van der Waals surface area contributed by atoms with E-state index in [1.807, 2.05) is 0 Å². The van der Waals surface area contributed by atoms with Gasteiger partial charge in [-0.1, -0.05) is 5.92 Å². The highest BCUT2D eigenvalue weighted by molar-refractivity contribution is 7.99. The zero-order valence-corrected chi connectivity index (χ0v) is 7.86. The van der Waals surface area contributed by atoms with E-state index in [0.717, 1.165) is 11.6 Å². The number of nitrogens with one attached hydrogen (secondary N) is 1. The number of carbonyl (C=O) groups excluding carboxylic acids is 1. The normalized spacial score (nSPS) is 21.8. The average Bonchev–Trinajstić information content (AvgIpc) is 2.55. The summed E-state index contributed by atoms with van der Waals surface area (Å²) in [6.45, 7) is 0.391. The predicted molar refractivity (Wildman–Crippen MR) is 50.7 cm³/mol. The fourth-order valence-electron chi connectivity index (χ4n) is 1.03. The zero-order valence-electron chi connectivity index (χ0n) is 7.04.